The Morgan fingerprint density at radius 2 is 2.29 bits per heavy atom. The van der Waals surface area contributed by atoms with E-state index in [1.807, 2.05) is 0 Å². The van der Waals surface area contributed by atoms with E-state index in [4.69, 9.17) is 23.2 Å². The summed E-state index contributed by atoms with van der Waals surface area (Å²) in [5.74, 6) is -0.0657. The van der Waals surface area contributed by atoms with Gasteiger partial charge in [0.1, 0.15) is 4.34 Å². The highest BCUT2D eigenvalue weighted by Crippen LogP contribution is 2.31. The molecule has 2 rings (SSSR count). The fraction of sp³-hybridized carbons (Fsp3) is 0.545. The molecule has 1 aliphatic carbocycles. The first kappa shape index (κ1) is 13.1. The van der Waals surface area contributed by atoms with Gasteiger partial charge in [0.2, 0.25) is 0 Å². The molecular formula is C11H13Cl2NO2S. The molecule has 0 bridgehead atoms. The molecule has 0 radical (unpaired) electrons. The van der Waals surface area contributed by atoms with Gasteiger partial charge < -0.3 is 10.4 Å². The second kappa shape index (κ2) is 5.57. The molecule has 1 aromatic rings. The molecule has 2 unspecified atom stereocenters. The number of thiophene rings is 1. The highest BCUT2D eigenvalue weighted by molar-refractivity contribution is 7.20. The van der Waals surface area contributed by atoms with E-state index in [2.05, 4.69) is 5.32 Å². The molecule has 2 N–H and O–H groups in total. The third-order valence-corrected chi connectivity index (χ3v) is 4.53. The number of amides is 1. The maximum absolute atomic E-state index is 11.8. The van der Waals surface area contributed by atoms with E-state index in [-0.39, 0.29) is 17.9 Å². The molecule has 1 aromatic heterocycles. The maximum atomic E-state index is 11.8. The molecule has 17 heavy (non-hydrogen) atoms. The third-order valence-electron chi connectivity index (χ3n) is 3.05. The predicted octanol–water partition coefficient (Wildman–Crippen LogP) is 2.95. The summed E-state index contributed by atoms with van der Waals surface area (Å²) in [5.41, 5.74) is 0.411. The molecule has 1 amide bonds. The largest absolute Gasteiger partial charge is 0.393 e. The Hall–Kier alpha value is -0.290. The van der Waals surface area contributed by atoms with Crippen molar-refractivity contribution >= 4 is 40.4 Å². The zero-order valence-corrected chi connectivity index (χ0v) is 11.4. The molecule has 1 aliphatic rings. The normalized spacial score (nSPS) is 23.9. The zero-order chi connectivity index (χ0) is 12.4. The van der Waals surface area contributed by atoms with E-state index in [9.17, 15) is 9.90 Å². The number of halogens is 2. The quantitative estimate of drug-likeness (QED) is 0.900. The Balaban J connectivity index is 1.91. The van der Waals surface area contributed by atoms with Gasteiger partial charge in [-0.1, -0.05) is 29.6 Å². The first-order chi connectivity index (χ1) is 8.08. The smallest absolute Gasteiger partial charge is 0.253 e. The second-order valence-corrected chi connectivity index (χ2v) is 6.49. The molecule has 0 aliphatic heterocycles. The standard InChI is InChI=1S/C11H13Cl2NO2S/c12-9-4-7(10(13)17-9)11(16)14-5-6-2-1-3-8(6)15/h4,6,8,15H,1-3,5H2,(H,14,16). The number of hydrogen-bond donors (Lipinski definition) is 2. The van der Waals surface area contributed by atoms with E-state index < -0.39 is 0 Å². The molecule has 3 nitrogen and oxygen atoms in total. The van der Waals surface area contributed by atoms with Gasteiger partial charge in [0, 0.05) is 12.5 Å². The molecule has 94 valence electrons. The number of rotatable bonds is 3. The molecule has 6 heteroatoms. The Bertz CT molecular complexity index is 422. The van der Waals surface area contributed by atoms with E-state index >= 15 is 0 Å². The van der Waals surface area contributed by atoms with Crippen LogP contribution in [0.3, 0.4) is 0 Å². The van der Waals surface area contributed by atoms with Crippen LogP contribution >= 0.6 is 34.5 Å². The van der Waals surface area contributed by atoms with Gasteiger partial charge in [-0.25, -0.2) is 0 Å². The molecule has 1 fully saturated rings. The average molecular weight is 294 g/mol. The van der Waals surface area contributed by atoms with Crippen molar-refractivity contribution in [3.8, 4) is 0 Å². The summed E-state index contributed by atoms with van der Waals surface area (Å²) in [6.07, 6.45) is 2.51. The van der Waals surface area contributed by atoms with Crippen molar-refractivity contribution < 1.29 is 9.90 Å². The summed E-state index contributed by atoms with van der Waals surface area (Å²) < 4.78 is 0.903. The van der Waals surface area contributed by atoms with Crippen LogP contribution in [0.25, 0.3) is 0 Å². The highest BCUT2D eigenvalue weighted by Gasteiger charge is 2.25. The van der Waals surface area contributed by atoms with Gasteiger partial charge in [-0.05, 0) is 18.9 Å². The Morgan fingerprint density at radius 1 is 1.53 bits per heavy atom. The number of carbonyl (C=O) groups is 1. The molecule has 1 saturated carbocycles. The van der Waals surface area contributed by atoms with Crippen LogP contribution in [0.5, 0.6) is 0 Å². The minimum absolute atomic E-state index is 0.159. The van der Waals surface area contributed by atoms with Crippen LogP contribution in [-0.2, 0) is 0 Å². The van der Waals surface area contributed by atoms with Gasteiger partial charge in [0.05, 0.1) is 16.0 Å². The topological polar surface area (TPSA) is 49.3 Å². The summed E-state index contributed by atoms with van der Waals surface area (Å²) in [4.78, 5) is 11.8. The van der Waals surface area contributed by atoms with Crippen LogP contribution in [0.4, 0.5) is 0 Å². The predicted molar refractivity (Wildman–Crippen MR) is 70.0 cm³/mol. The Morgan fingerprint density at radius 3 is 2.82 bits per heavy atom. The second-order valence-electron chi connectivity index (χ2n) is 4.21. The molecule has 0 aromatic carbocycles. The summed E-state index contributed by atoms with van der Waals surface area (Å²) >= 11 is 12.8. The lowest BCUT2D eigenvalue weighted by Gasteiger charge is -2.14. The van der Waals surface area contributed by atoms with Gasteiger partial charge in [-0.2, -0.15) is 0 Å². The maximum Gasteiger partial charge on any atom is 0.253 e. The molecule has 1 heterocycles. The van der Waals surface area contributed by atoms with Crippen LogP contribution < -0.4 is 5.32 Å². The third kappa shape index (κ3) is 3.13. The first-order valence-electron chi connectivity index (χ1n) is 5.49. The van der Waals surface area contributed by atoms with Crippen LogP contribution in [0.15, 0.2) is 6.07 Å². The Labute approximate surface area is 114 Å². The van der Waals surface area contributed by atoms with Crippen molar-refractivity contribution in [2.45, 2.75) is 25.4 Å². The Kier molecular flexibility index (Phi) is 4.31. The molecular weight excluding hydrogens is 281 g/mol. The van der Waals surface area contributed by atoms with Gasteiger partial charge >= 0.3 is 0 Å². The lowest BCUT2D eigenvalue weighted by molar-refractivity contribution is 0.0917. The van der Waals surface area contributed by atoms with E-state index in [1.54, 1.807) is 6.07 Å². The minimum Gasteiger partial charge on any atom is -0.393 e. The van der Waals surface area contributed by atoms with Gasteiger partial charge in [-0.15, -0.1) is 11.3 Å². The van der Waals surface area contributed by atoms with Crippen molar-refractivity contribution in [2.75, 3.05) is 6.54 Å². The van der Waals surface area contributed by atoms with Crippen LogP contribution in [0.1, 0.15) is 29.6 Å². The fourth-order valence-corrected chi connectivity index (χ4v) is 3.53. The molecule has 0 spiro atoms. The van der Waals surface area contributed by atoms with Crippen LogP contribution in [0.2, 0.25) is 8.67 Å². The number of nitrogens with one attached hydrogen (secondary N) is 1. The monoisotopic (exact) mass is 293 g/mol. The summed E-state index contributed by atoms with van der Waals surface area (Å²) in [7, 11) is 0. The van der Waals surface area contributed by atoms with E-state index in [0.717, 1.165) is 19.3 Å². The van der Waals surface area contributed by atoms with Crippen molar-refractivity contribution in [2.24, 2.45) is 5.92 Å². The number of carbonyl (C=O) groups excluding carboxylic acids is 1. The number of aliphatic hydroxyl groups is 1. The zero-order valence-electron chi connectivity index (χ0n) is 9.08. The molecule has 2 atom stereocenters. The van der Waals surface area contributed by atoms with E-state index in [0.29, 0.717) is 20.8 Å². The fourth-order valence-electron chi connectivity index (χ4n) is 2.07. The average Bonchev–Trinajstić information content (AvgIpc) is 2.81. The summed E-state index contributed by atoms with van der Waals surface area (Å²) in [6.45, 7) is 0.490. The highest BCUT2D eigenvalue weighted by atomic mass is 35.5. The van der Waals surface area contributed by atoms with Crippen molar-refractivity contribution in [1.82, 2.24) is 5.32 Å². The van der Waals surface area contributed by atoms with Crippen LogP contribution in [0, 0.1) is 5.92 Å². The van der Waals surface area contributed by atoms with E-state index in [1.165, 1.54) is 11.3 Å². The SMILES string of the molecule is O=C(NCC1CCCC1O)c1cc(Cl)sc1Cl. The lowest BCUT2D eigenvalue weighted by Crippen LogP contribution is -2.32. The summed E-state index contributed by atoms with van der Waals surface area (Å²) in [6, 6.07) is 1.56. The van der Waals surface area contributed by atoms with Crippen molar-refractivity contribution in [3.63, 3.8) is 0 Å². The summed E-state index contributed by atoms with van der Waals surface area (Å²) in [5, 5.41) is 12.4. The number of aliphatic hydroxyl groups excluding tert-OH is 1. The van der Waals surface area contributed by atoms with Gasteiger partial charge in [0.15, 0.2) is 0 Å². The molecule has 0 saturated heterocycles. The number of hydrogen-bond acceptors (Lipinski definition) is 3. The van der Waals surface area contributed by atoms with Gasteiger partial charge in [-0.3, -0.25) is 4.79 Å². The van der Waals surface area contributed by atoms with Crippen molar-refractivity contribution in [1.29, 1.82) is 0 Å². The van der Waals surface area contributed by atoms with Crippen LogP contribution in [-0.4, -0.2) is 23.7 Å². The lowest BCUT2D eigenvalue weighted by atomic mass is 10.1. The first-order valence-corrected chi connectivity index (χ1v) is 7.06. The minimum atomic E-state index is -0.295. The van der Waals surface area contributed by atoms with Crippen molar-refractivity contribution in [3.05, 3.63) is 20.3 Å². The van der Waals surface area contributed by atoms with Gasteiger partial charge in [0.25, 0.3) is 5.91 Å².